The Labute approximate surface area is 99.4 Å². The molecule has 0 unspecified atom stereocenters. The van der Waals surface area contributed by atoms with Gasteiger partial charge in [-0.2, -0.15) is 0 Å². The van der Waals surface area contributed by atoms with Gasteiger partial charge in [0.15, 0.2) is 0 Å². The van der Waals surface area contributed by atoms with Crippen LogP contribution in [0.25, 0.3) is 0 Å². The summed E-state index contributed by atoms with van der Waals surface area (Å²) in [6.45, 7) is 1.02. The highest BCUT2D eigenvalue weighted by Crippen LogP contribution is 2.25. The molecule has 6 heteroatoms. The highest BCUT2D eigenvalue weighted by molar-refractivity contribution is 14.1. The Bertz CT molecular complexity index is 280. The predicted molar refractivity (Wildman–Crippen MR) is 64.3 cm³/mol. The van der Waals surface area contributed by atoms with Crippen molar-refractivity contribution in [1.29, 1.82) is 0 Å². The topological polar surface area (TPSA) is 46.6 Å². The molecule has 0 bridgehead atoms. The standard InChI is InChI=1S/C8H16INO3S/c1-13-8(6-14(2,11)12)7-4-3-5-10(7)9/h7-8H,3-6H2,1-2H3/t7-,8+/m1/s1. The summed E-state index contributed by atoms with van der Waals surface area (Å²) in [5.41, 5.74) is 0. The molecule has 1 aliphatic heterocycles. The summed E-state index contributed by atoms with van der Waals surface area (Å²) in [5, 5.41) is 0. The molecule has 0 N–H and O–H groups in total. The second-order valence-corrected chi connectivity index (χ2v) is 7.12. The normalized spacial score (nSPS) is 26.6. The van der Waals surface area contributed by atoms with Crippen LogP contribution in [-0.2, 0) is 14.6 Å². The van der Waals surface area contributed by atoms with E-state index in [1.807, 2.05) is 0 Å². The first kappa shape index (κ1) is 12.7. The van der Waals surface area contributed by atoms with Crippen molar-refractivity contribution >= 4 is 32.7 Å². The third-order valence-electron chi connectivity index (χ3n) is 2.43. The number of nitrogens with zero attached hydrogens (tertiary/aromatic N) is 1. The summed E-state index contributed by atoms with van der Waals surface area (Å²) in [7, 11) is -1.37. The van der Waals surface area contributed by atoms with Gasteiger partial charge in [0.2, 0.25) is 0 Å². The van der Waals surface area contributed by atoms with Gasteiger partial charge < -0.3 is 4.74 Å². The van der Waals surface area contributed by atoms with Gasteiger partial charge >= 0.3 is 0 Å². The van der Waals surface area contributed by atoms with Crippen LogP contribution in [0.1, 0.15) is 12.8 Å². The summed E-state index contributed by atoms with van der Waals surface area (Å²) in [6.07, 6.45) is 3.21. The smallest absolute Gasteiger partial charge is 0.150 e. The molecule has 1 heterocycles. The number of rotatable bonds is 4. The van der Waals surface area contributed by atoms with Gasteiger partial charge in [-0.1, -0.05) is 0 Å². The number of hydrogen-bond acceptors (Lipinski definition) is 4. The SMILES string of the molecule is CO[C@@H](CS(C)(=O)=O)[C@H]1CCCN1I. The average molecular weight is 333 g/mol. The third kappa shape index (κ3) is 3.63. The van der Waals surface area contributed by atoms with Gasteiger partial charge in [-0.3, -0.25) is 0 Å². The molecule has 2 atom stereocenters. The van der Waals surface area contributed by atoms with Crippen LogP contribution in [0.3, 0.4) is 0 Å². The van der Waals surface area contributed by atoms with Gasteiger partial charge in [0.1, 0.15) is 9.84 Å². The summed E-state index contributed by atoms with van der Waals surface area (Å²) >= 11 is 2.24. The van der Waals surface area contributed by atoms with E-state index in [0.29, 0.717) is 0 Å². The Hall–Kier alpha value is 0.600. The maximum atomic E-state index is 11.2. The fraction of sp³-hybridized carbons (Fsp3) is 1.00. The molecular formula is C8H16INO3S. The summed E-state index contributed by atoms with van der Waals surface area (Å²) in [6, 6.07) is 0.246. The lowest BCUT2D eigenvalue weighted by Crippen LogP contribution is -2.39. The molecular weight excluding hydrogens is 317 g/mol. The van der Waals surface area contributed by atoms with Gasteiger partial charge in [0.25, 0.3) is 0 Å². The molecule has 14 heavy (non-hydrogen) atoms. The molecule has 0 saturated carbocycles. The Kier molecular flexibility index (Phi) is 4.60. The van der Waals surface area contributed by atoms with Gasteiger partial charge in [0.05, 0.1) is 11.9 Å². The van der Waals surface area contributed by atoms with Crippen molar-refractivity contribution in [2.24, 2.45) is 0 Å². The highest BCUT2D eigenvalue weighted by Gasteiger charge is 2.32. The zero-order valence-corrected chi connectivity index (χ0v) is 11.4. The van der Waals surface area contributed by atoms with E-state index in [2.05, 4.69) is 26.0 Å². The molecule has 84 valence electrons. The van der Waals surface area contributed by atoms with Crippen molar-refractivity contribution < 1.29 is 13.2 Å². The number of sulfone groups is 1. The predicted octanol–water partition coefficient (Wildman–Crippen LogP) is 0.860. The Morgan fingerprint density at radius 2 is 2.29 bits per heavy atom. The van der Waals surface area contributed by atoms with E-state index in [-0.39, 0.29) is 17.9 Å². The fourth-order valence-electron chi connectivity index (χ4n) is 1.76. The molecule has 0 aromatic rings. The van der Waals surface area contributed by atoms with Crippen molar-refractivity contribution in [3.63, 3.8) is 0 Å². The molecule has 0 aromatic carbocycles. The van der Waals surface area contributed by atoms with Crippen molar-refractivity contribution in [2.75, 3.05) is 25.7 Å². The molecule has 0 radical (unpaired) electrons. The maximum Gasteiger partial charge on any atom is 0.150 e. The summed E-state index contributed by atoms with van der Waals surface area (Å²) < 4.78 is 29.7. The average Bonchev–Trinajstić information content (AvgIpc) is 2.45. The van der Waals surface area contributed by atoms with E-state index in [9.17, 15) is 8.42 Å². The van der Waals surface area contributed by atoms with Crippen molar-refractivity contribution in [2.45, 2.75) is 25.0 Å². The van der Waals surface area contributed by atoms with Crippen LogP contribution < -0.4 is 0 Å². The van der Waals surface area contributed by atoms with E-state index in [1.54, 1.807) is 7.11 Å². The first-order valence-electron chi connectivity index (χ1n) is 4.57. The van der Waals surface area contributed by atoms with E-state index in [0.717, 1.165) is 19.4 Å². The molecule has 0 amide bonds. The molecule has 4 nitrogen and oxygen atoms in total. The molecule has 1 rings (SSSR count). The second kappa shape index (κ2) is 5.09. The monoisotopic (exact) mass is 333 g/mol. The zero-order chi connectivity index (χ0) is 10.8. The molecule has 0 aliphatic carbocycles. The largest absolute Gasteiger partial charge is 0.379 e. The third-order valence-corrected chi connectivity index (χ3v) is 4.56. The Morgan fingerprint density at radius 3 is 2.64 bits per heavy atom. The van der Waals surface area contributed by atoms with E-state index in [1.165, 1.54) is 6.26 Å². The highest BCUT2D eigenvalue weighted by atomic mass is 127. The van der Waals surface area contributed by atoms with Crippen LogP contribution >= 0.6 is 22.9 Å². The second-order valence-electron chi connectivity index (χ2n) is 3.70. The lowest BCUT2D eigenvalue weighted by atomic mass is 10.1. The zero-order valence-electron chi connectivity index (χ0n) is 8.44. The van der Waals surface area contributed by atoms with Crippen LogP contribution in [0.5, 0.6) is 0 Å². The van der Waals surface area contributed by atoms with Crippen LogP contribution in [0.4, 0.5) is 0 Å². The molecule has 0 spiro atoms. The number of halogens is 1. The number of hydrogen-bond donors (Lipinski definition) is 0. The molecule has 0 aromatic heterocycles. The fourth-order valence-corrected chi connectivity index (χ4v) is 3.69. The molecule has 1 aliphatic rings. The first-order chi connectivity index (χ1) is 6.44. The molecule has 1 fully saturated rings. The Balaban J connectivity index is 2.62. The first-order valence-corrected chi connectivity index (χ1v) is 7.59. The lowest BCUT2D eigenvalue weighted by Gasteiger charge is -2.25. The van der Waals surface area contributed by atoms with Crippen LogP contribution in [0.15, 0.2) is 0 Å². The van der Waals surface area contributed by atoms with Crippen LogP contribution in [-0.4, -0.2) is 49.3 Å². The van der Waals surface area contributed by atoms with E-state index >= 15 is 0 Å². The quantitative estimate of drug-likeness (QED) is 0.566. The van der Waals surface area contributed by atoms with Gasteiger partial charge in [0, 0.05) is 48.8 Å². The van der Waals surface area contributed by atoms with Gasteiger partial charge in [-0.15, -0.1) is 0 Å². The maximum absolute atomic E-state index is 11.2. The minimum atomic E-state index is -2.95. The summed E-state index contributed by atoms with van der Waals surface area (Å²) in [5.74, 6) is 0.119. The van der Waals surface area contributed by atoms with Crippen LogP contribution in [0, 0.1) is 0 Å². The molecule has 1 saturated heterocycles. The lowest BCUT2D eigenvalue weighted by molar-refractivity contribution is 0.0772. The minimum absolute atomic E-state index is 0.119. The minimum Gasteiger partial charge on any atom is -0.379 e. The van der Waals surface area contributed by atoms with Gasteiger partial charge in [-0.05, 0) is 12.8 Å². The Morgan fingerprint density at radius 1 is 1.64 bits per heavy atom. The number of ether oxygens (including phenoxy) is 1. The van der Waals surface area contributed by atoms with Crippen molar-refractivity contribution in [1.82, 2.24) is 3.11 Å². The van der Waals surface area contributed by atoms with Gasteiger partial charge in [-0.25, -0.2) is 11.5 Å². The van der Waals surface area contributed by atoms with Crippen molar-refractivity contribution in [3.8, 4) is 0 Å². The summed E-state index contributed by atoms with van der Waals surface area (Å²) in [4.78, 5) is 0. The van der Waals surface area contributed by atoms with Crippen LogP contribution in [0.2, 0.25) is 0 Å². The number of methoxy groups -OCH3 is 1. The van der Waals surface area contributed by atoms with E-state index < -0.39 is 9.84 Å². The van der Waals surface area contributed by atoms with Crippen molar-refractivity contribution in [3.05, 3.63) is 0 Å². The van der Waals surface area contributed by atoms with E-state index in [4.69, 9.17) is 4.74 Å².